The molecular formula is C19H19F3N4O3S. The van der Waals surface area contributed by atoms with Crippen molar-refractivity contribution in [1.82, 2.24) is 4.98 Å². The Morgan fingerprint density at radius 3 is 2.63 bits per heavy atom. The van der Waals surface area contributed by atoms with Gasteiger partial charge in [-0.3, -0.25) is 19.9 Å². The topological polar surface area (TPSA) is 88.7 Å². The lowest BCUT2D eigenvalue weighted by Crippen LogP contribution is -2.31. The first-order valence-electron chi connectivity index (χ1n) is 9.75. The maximum absolute atomic E-state index is 13.1. The molecule has 30 heavy (non-hydrogen) atoms. The number of rotatable bonds is 4. The van der Waals surface area contributed by atoms with Gasteiger partial charge in [0.05, 0.1) is 22.4 Å². The fourth-order valence-electron chi connectivity index (χ4n) is 4.08. The van der Waals surface area contributed by atoms with Crippen molar-refractivity contribution in [2.45, 2.75) is 44.7 Å². The standard InChI is InChI=1S/C19H19F3N4O3S/c20-19(21,22)12-9-13-16(14(10-12)26(28)29)30-18(24-17(13)27)25-7-6-23-15(25)8-11-4-2-1-3-5-11/h9-11H,1-8H2. The van der Waals surface area contributed by atoms with E-state index in [9.17, 15) is 28.1 Å². The van der Waals surface area contributed by atoms with Crippen LogP contribution in [0.3, 0.4) is 0 Å². The summed E-state index contributed by atoms with van der Waals surface area (Å²) in [5.41, 5.74) is -2.88. The van der Waals surface area contributed by atoms with Crippen molar-refractivity contribution in [2.24, 2.45) is 10.9 Å². The number of nitro benzene ring substituents is 1. The number of hydrogen-bond donors (Lipinski definition) is 0. The van der Waals surface area contributed by atoms with Crippen molar-refractivity contribution in [1.29, 1.82) is 0 Å². The molecular weight excluding hydrogens is 421 g/mol. The molecule has 11 heteroatoms. The summed E-state index contributed by atoms with van der Waals surface area (Å²) in [5.74, 6) is 1.29. The molecule has 0 bridgehead atoms. The molecule has 0 atom stereocenters. The van der Waals surface area contributed by atoms with Gasteiger partial charge in [0.25, 0.3) is 11.2 Å². The molecule has 0 saturated heterocycles. The van der Waals surface area contributed by atoms with Gasteiger partial charge in [0.1, 0.15) is 10.5 Å². The van der Waals surface area contributed by atoms with Crippen molar-refractivity contribution < 1.29 is 18.1 Å². The fraction of sp³-hybridized carbons (Fsp3) is 0.526. The third kappa shape index (κ3) is 4.03. The molecule has 1 aromatic heterocycles. The third-order valence-corrected chi connectivity index (χ3v) is 6.70. The summed E-state index contributed by atoms with van der Waals surface area (Å²) in [6, 6.07) is 1.11. The van der Waals surface area contributed by atoms with Crippen molar-refractivity contribution in [3.05, 3.63) is 38.2 Å². The van der Waals surface area contributed by atoms with Crippen LogP contribution in [0.2, 0.25) is 0 Å². The smallest absolute Gasteiger partial charge is 0.304 e. The quantitative estimate of drug-likeness (QED) is 0.505. The Morgan fingerprint density at radius 1 is 1.23 bits per heavy atom. The van der Waals surface area contributed by atoms with Gasteiger partial charge in [-0.25, -0.2) is 0 Å². The first kappa shape index (κ1) is 20.7. The fourth-order valence-corrected chi connectivity index (χ4v) is 5.19. The molecule has 2 heterocycles. The minimum Gasteiger partial charge on any atom is -0.304 e. The van der Waals surface area contributed by atoms with Gasteiger partial charge in [-0.05, 0) is 12.0 Å². The minimum absolute atomic E-state index is 0.105. The van der Waals surface area contributed by atoms with Gasteiger partial charge in [0.2, 0.25) is 0 Å². The number of alkyl halides is 3. The summed E-state index contributed by atoms with van der Waals surface area (Å²) in [7, 11) is 0. The van der Waals surface area contributed by atoms with Crippen molar-refractivity contribution in [2.75, 3.05) is 18.0 Å². The van der Waals surface area contributed by atoms with E-state index in [0.717, 1.165) is 36.4 Å². The minimum atomic E-state index is -4.80. The number of fused-ring (bicyclic) bond motifs is 1. The summed E-state index contributed by atoms with van der Waals surface area (Å²) in [6.07, 6.45) is 1.74. The number of benzene rings is 1. The average Bonchev–Trinajstić information content (AvgIpc) is 3.15. The molecule has 2 aliphatic rings. The molecule has 1 aromatic carbocycles. The lowest BCUT2D eigenvalue weighted by molar-refractivity contribution is -0.383. The first-order chi connectivity index (χ1) is 14.2. The highest BCUT2D eigenvalue weighted by Gasteiger charge is 2.35. The Balaban J connectivity index is 1.75. The van der Waals surface area contributed by atoms with Crippen LogP contribution >= 0.6 is 11.3 Å². The summed E-state index contributed by atoms with van der Waals surface area (Å²) in [5, 5.41) is 11.3. The molecule has 1 fully saturated rings. The lowest BCUT2D eigenvalue weighted by atomic mass is 9.86. The van der Waals surface area contributed by atoms with Crippen molar-refractivity contribution in [3.63, 3.8) is 0 Å². The monoisotopic (exact) mass is 440 g/mol. The molecule has 160 valence electrons. The van der Waals surface area contributed by atoms with Crippen LogP contribution in [0.1, 0.15) is 44.1 Å². The predicted molar refractivity (Wildman–Crippen MR) is 108 cm³/mol. The van der Waals surface area contributed by atoms with Gasteiger partial charge < -0.3 is 4.90 Å². The number of non-ortho nitro benzene ring substituents is 1. The molecule has 4 rings (SSSR count). The number of amidine groups is 1. The number of nitro groups is 1. The Morgan fingerprint density at radius 2 is 1.97 bits per heavy atom. The second-order valence-corrected chi connectivity index (χ2v) is 8.56. The zero-order valence-corrected chi connectivity index (χ0v) is 16.8. The van der Waals surface area contributed by atoms with Crippen LogP contribution in [-0.4, -0.2) is 28.8 Å². The number of hydrogen-bond acceptors (Lipinski definition) is 7. The summed E-state index contributed by atoms with van der Waals surface area (Å²) >= 11 is 0.863. The van der Waals surface area contributed by atoms with Crippen LogP contribution in [0.4, 0.5) is 24.0 Å². The van der Waals surface area contributed by atoms with Crippen LogP contribution in [0, 0.1) is 16.0 Å². The maximum atomic E-state index is 13.1. The highest BCUT2D eigenvalue weighted by atomic mass is 32.1. The highest BCUT2D eigenvalue weighted by Crippen LogP contribution is 2.39. The molecule has 0 unspecified atom stereocenters. The van der Waals surface area contributed by atoms with Gasteiger partial charge in [0, 0.05) is 19.0 Å². The van der Waals surface area contributed by atoms with E-state index in [1.54, 1.807) is 4.90 Å². The Labute approximate surface area is 173 Å². The summed E-state index contributed by atoms with van der Waals surface area (Å²) < 4.78 is 39.3. The van der Waals surface area contributed by atoms with Crippen LogP contribution in [0.15, 0.2) is 21.9 Å². The van der Waals surface area contributed by atoms with E-state index in [4.69, 9.17) is 0 Å². The number of aliphatic imine (C=N–C) groups is 1. The van der Waals surface area contributed by atoms with Crippen LogP contribution in [0.25, 0.3) is 10.1 Å². The second kappa shape index (κ2) is 7.93. The number of anilines is 1. The Hall–Kier alpha value is -2.56. The van der Waals surface area contributed by atoms with Crippen molar-refractivity contribution >= 4 is 38.1 Å². The van der Waals surface area contributed by atoms with Gasteiger partial charge in [0.15, 0.2) is 5.13 Å². The van der Waals surface area contributed by atoms with Crippen LogP contribution < -0.4 is 10.5 Å². The van der Waals surface area contributed by atoms with Gasteiger partial charge in [-0.2, -0.15) is 18.2 Å². The number of nitrogens with zero attached hydrogens (tertiary/aromatic N) is 4. The summed E-state index contributed by atoms with van der Waals surface area (Å²) in [4.78, 5) is 33.4. The molecule has 1 aliphatic carbocycles. The zero-order chi connectivity index (χ0) is 21.5. The van der Waals surface area contributed by atoms with Gasteiger partial charge >= 0.3 is 6.18 Å². The Bertz CT molecular complexity index is 1080. The van der Waals surface area contributed by atoms with Crippen LogP contribution in [0.5, 0.6) is 0 Å². The van der Waals surface area contributed by atoms with Gasteiger partial charge in [-0.1, -0.05) is 43.4 Å². The first-order valence-corrected chi connectivity index (χ1v) is 10.6. The molecule has 0 N–H and O–H groups in total. The van der Waals surface area contributed by atoms with E-state index < -0.39 is 33.3 Å². The van der Waals surface area contributed by atoms with Crippen molar-refractivity contribution in [3.8, 4) is 0 Å². The zero-order valence-electron chi connectivity index (χ0n) is 15.9. The predicted octanol–water partition coefficient (Wildman–Crippen LogP) is 4.77. The second-order valence-electron chi connectivity index (χ2n) is 7.59. The molecule has 1 aliphatic heterocycles. The highest BCUT2D eigenvalue weighted by molar-refractivity contribution is 7.22. The van der Waals surface area contributed by atoms with E-state index in [-0.39, 0.29) is 9.83 Å². The van der Waals surface area contributed by atoms with E-state index in [1.165, 1.54) is 19.3 Å². The van der Waals surface area contributed by atoms with E-state index in [0.29, 0.717) is 31.1 Å². The molecule has 0 amide bonds. The van der Waals surface area contributed by atoms with E-state index in [2.05, 4.69) is 9.98 Å². The number of halogens is 3. The molecule has 2 aromatic rings. The molecule has 0 radical (unpaired) electrons. The normalized spacial score (nSPS) is 18.1. The third-order valence-electron chi connectivity index (χ3n) is 5.57. The van der Waals surface area contributed by atoms with Crippen LogP contribution in [-0.2, 0) is 6.18 Å². The molecule has 1 saturated carbocycles. The Kier molecular flexibility index (Phi) is 5.48. The van der Waals surface area contributed by atoms with E-state index >= 15 is 0 Å². The maximum Gasteiger partial charge on any atom is 0.416 e. The largest absolute Gasteiger partial charge is 0.416 e. The van der Waals surface area contributed by atoms with E-state index in [1.807, 2.05) is 0 Å². The molecule has 7 nitrogen and oxygen atoms in total. The lowest BCUT2D eigenvalue weighted by Gasteiger charge is -2.25. The SMILES string of the molecule is O=c1nc(N2CCN=C2CC2CCCCC2)sc2c([N+](=O)[O-])cc(C(F)(F)F)cc12. The molecule has 0 spiro atoms. The van der Waals surface area contributed by atoms with Gasteiger partial charge in [-0.15, -0.1) is 0 Å². The number of aromatic nitrogens is 1. The summed E-state index contributed by atoms with van der Waals surface area (Å²) in [6.45, 7) is 1.02. The average molecular weight is 440 g/mol.